The van der Waals surface area contributed by atoms with Gasteiger partial charge in [-0.05, 0) is 72.2 Å². The Morgan fingerprint density at radius 2 is 1.71 bits per heavy atom. The smallest absolute Gasteiger partial charge is 0.347 e. The van der Waals surface area contributed by atoms with Crippen LogP contribution in [0.15, 0.2) is 88.0 Å². The normalized spacial score (nSPS) is 23.7. The van der Waals surface area contributed by atoms with Gasteiger partial charge in [0.25, 0.3) is 11.8 Å². The number of nitrogens with zero attached hydrogens (tertiary/aromatic N) is 4. The minimum atomic E-state index is -1.64. The lowest BCUT2D eigenvalue weighted by atomic mass is 9.53. The molecule has 1 aliphatic carbocycles. The maximum absolute atomic E-state index is 15.0. The van der Waals surface area contributed by atoms with Crippen molar-refractivity contribution in [2.24, 2.45) is 13.0 Å². The van der Waals surface area contributed by atoms with Crippen molar-refractivity contribution in [3.8, 4) is 11.5 Å². The zero-order chi connectivity index (χ0) is 31.8. The fourth-order valence-corrected chi connectivity index (χ4v) is 7.39. The number of anilines is 1. The molecule has 0 spiro atoms. The Balaban J connectivity index is 1.53. The lowest BCUT2D eigenvalue weighted by Crippen LogP contribution is -2.53. The first-order valence-corrected chi connectivity index (χ1v) is 14.6. The molecular formula is C32H27ClFN5O6. The van der Waals surface area contributed by atoms with E-state index in [-0.39, 0.29) is 18.7 Å². The number of nitrogens with one attached hydrogen (secondary N) is 1. The number of fused-ring (bicyclic) bond motifs is 4. The van der Waals surface area contributed by atoms with Crippen molar-refractivity contribution in [2.75, 3.05) is 12.5 Å². The highest BCUT2D eigenvalue weighted by Crippen LogP contribution is 2.63. The van der Waals surface area contributed by atoms with E-state index in [0.717, 1.165) is 9.58 Å². The molecule has 2 fully saturated rings. The topological polar surface area (TPSA) is 128 Å². The molecule has 2 aliphatic heterocycles. The molecule has 11 nitrogen and oxygen atoms in total. The van der Waals surface area contributed by atoms with E-state index in [1.165, 1.54) is 53.9 Å². The van der Waals surface area contributed by atoms with Crippen molar-refractivity contribution in [1.29, 1.82) is 0 Å². The number of phenolic OH excluding ortho intramolecular Hbond substituents is 1. The summed E-state index contributed by atoms with van der Waals surface area (Å²) in [5.41, 5.74) is 1.80. The molecule has 13 heteroatoms. The number of carbonyl (C=O) groups excluding carboxylic acids is 2. The number of rotatable bonds is 5. The first kappa shape index (κ1) is 28.7. The Hall–Kier alpha value is -5.10. The highest BCUT2D eigenvalue weighted by molar-refractivity contribution is 6.30. The molecule has 1 aromatic heterocycles. The van der Waals surface area contributed by atoms with Crippen LogP contribution in [0.25, 0.3) is 0 Å². The molecule has 1 saturated carbocycles. The number of hydrogen-bond acceptors (Lipinski definition) is 7. The Kier molecular flexibility index (Phi) is 6.52. The fraction of sp³-hybridized carbons (Fsp3) is 0.250. The van der Waals surface area contributed by atoms with Gasteiger partial charge < -0.3 is 9.84 Å². The quantitative estimate of drug-likeness (QED) is 0.255. The van der Waals surface area contributed by atoms with Crippen molar-refractivity contribution in [3.05, 3.63) is 121 Å². The molecule has 0 bridgehead atoms. The summed E-state index contributed by atoms with van der Waals surface area (Å²) in [6.07, 6.45) is 1.78. The average molecular weight is 632 g/mol. The molecule has 2 N–H and O–H groups in total. The van der Waals surface area contributed by atoms with Crippen LogP contribution in [0.5, 0.6) is 11.5 Å². The zero-order valence-corrected chi connectivity index (χ0v) is 24.9. The summed E-state index contributed by atoms with van der Waals surface area (Å²) in [4.78, 5) is 55.9. The molecule has 3 heterocycles. The van der Waals surface area contributed by atoms with Gasteiger partial charge in [-0.1, -0.05) is 29.8 Å². The average Bonchev–Trinajstić information content (AvgIpc) is 3.39. The first-order valence-electron chi connectivity index (χ1n) is 14.2. The Bertz CT molecular complexity index is 2030. The number of hydrazine groups is 1. The number of halogens is 2. The summed E-state index contributed by atoms with van der Waals surface area (Å²) in [5, 5.41) is 12.7. The molecule has 230 valence electrons. The minimum absolute atomic E-state index is 0.00871. The Labute approximate surface area is 260 Å². The van der Waals surface area contributed by atoms with Crippen LogP contribution in [0.2, 0.25) is 5.02 Å². The summed E-state index contributed by atoms with van der Waals surface area (Å²) in [7, 11) is 2.85. The number of imide groups is 1. The summed E-state index contributed by atoms with van der Waals surface area (Å²) in [5.74, 6) is -3.52. The van der Waals surface area contributed by atoms with Crippen LogP contribution in [0.4, 0.5) is 10.1 Å². The zero-order valence-electron chi connectivity index (χ0n) is 24.1. The maximum Gasteiger partial charge on any atom is 0.347 e. The number of amides is 2. The summed E-state index contributed by atoms with van der Waals surface area (Å²) in [6.45, 7) is 0.0308. The van der Waals surface area contributed by atoms with E-state index in [2.05, 4.69) is 5.43 Å². The molecule has 45 heavy (non-hydrogen) atoms. The molecule has 0 unspecified atom stereocenters. The van der Waals surface area contributed by atoms with Gasteiger partial charge in [-0.15, -0.1) is 0 Å². The van der Waals surface area contributed by atoms with Gasteiger partial charge in [0.05, 0.1) is 36.7 Å². The van der Waals surface area contributed by atoms with E-state index in [1.54, 1.807) is 42.5 Å². The molecule has 4 atom stereocenters. The highest BCUT2D eigenvalue weighted by Gasteiger charge is 2.69. The van der Waals surface area contributed by atoms with Crippen LogP contribution in [0.3, 0.4) is 0 Å². The summed E-state index contributed by atoms with van der Waals surface area (Å²) in [6, 6.07) is 15.7. The molecule has 4 aromatic rings. The minimum Gasteiger partial charge on any atom is -0.508 e. The SMILES string of the molecule is COc1ccc(O)c([C@H]2C3=CCn4c(=O)n(C)c(=O)n4[C@@H]3C[C@H]3C(=O)N(Nc4ccc(F)cc4)C(=O)[C@@]23c2ccc(Cl)cc2)c1. The van der Waals surface area contributed by atoms with Crippen LogP contribution in [0.1, 0.15) is 29.5 Å². The van der Waals surface area contributed by atoms with E-state index < -0.39 is 52.3 Å². The Morgan fingerprint density at radius 3 is 2.40 bits per heavy atom. The predicted octanol–water partition coefficient (Wildman–Crippen LogP) is 3.47. The molecule has 3 aliphatic rings. The Morgan fingerprint density at radius 1 is 1.00 bits per heavy atom. The third-order valence-corrected chi connectivity index (χ3v) is 9.51. The van der Waals surface area contributed by atoms with Gasteiger partial charge in [0, 0.05) is 23.6 Å². The molecule has 1 saturated heterocycles. The molecule has 2 amide bonds. The number of phenols is 1. The van der Waals surface area contributed by atoms with Crippen molar-refractivity contribution in [1.82, 2.24) is 18.9 Å². The van der Waals surface area contributed by atoms with E-state index >= 15 is 0 Å². The predicted molar refractivity (Wildman–Crippen MR) is 162 cm³/mol. The lowest BCUT2D eigenvalue weighted by Gasteiger charge is -2.49. The van der Waals surface area contributed by atoms with Gasteiger partial charge in [-0.25, -0.2) is 27.9 Å². The molecule has 0 radical (unpaired) electrons. The van der Waals surface area contributed by atoms with Gasteiger partial charge in [-0.2, -0.15) is 5.01 Å². The number of methoxy groups -OCH3 is 1. The molecule has 3 aromatic carbocycles. The van der Waals surface area contributed by atoms with Gasteiger partial charge in [-0.3, -0.25) is 15.0 Å². The van der Waals surface area contributed by atoms with Gasteiger partial charge >= 0.3 is 11.4 Å². The van der Waals surface area contributed by atoms with Crippen LogP contribution in [0, 0.1) is 11.7 Å². The number of hydrogen-bond donors (Lipinski definition) is 2. The van der Waals surface area contributed by atoms with E-state index in [1.807, 2.05) is 0 Å². The summed E-state index contributed by atoms with van der Waals surface area (Å²) < 4.78 is 22.9. The fourth-order valence-electron chi connectivity index (χ4n) is 7.26. The van der Waals surface area contributed by atoms with Crippen LogP contribution < -0.4 is 21.5 Å². The number of ether oxygens (including phenoxy) is 1. The molecule has 7 rings (SSSR count). The standard InChI is InChI=1S/C32H27ClFN5O6/c1-36-30(43)37-14-13-22-25(39(37)31(36)44)16-24-28(41)38(35-20-9-7-19(34)8-10-20)29(42)32(24,17-3-5-18(33)6-4-17)27(22)23-15-21(45-2)11-12-26(23)40/h3-13,15,24-25,27,35,40H,14,16H2,1-2H3/t24-,25+,27+,32+/m0/s1. The number of aromatic nitrogens is 3. The third-order valence-electron chi connectivity index (χ3n) is 9.26. The van der Waals surface area contributed by atoms with Crippen molar-refractivity contribution in [2.45, 2.75) is 30.3 Å². The van der Waals surface area contributed by atoms with Gasteiger partial charge in [0.15, 0.2) is 0 Å². The van der Waals surface area contributed by atoms with E-state index in [4.69, 9.17) is 16.3 Å². The lowest BCUT2D eigenvalue weighted by molar-refractivity contribution is -0.138. The molecular weight excluding hydrogens is 605 g/mol. The summed E-state index contributed by atoms with van der Waals surface area (Å²) >= 11 is 6.28. The number of carbonyl (C=O) groups is 2. The van der Waals surface area contributed by atoms with E-state index in [9.17, 15) is 28.7 Å². The van der Waals surface area contributed by atoms with Crippen molar-refractivity contribution < 1.29 is 23.8 Å². The number of aromatic hydroxyl groups is 1. The van der Waals surface area contributed by atoms with Crippen LogP contribution >= 0.6 is 11.6 Å². The van der Waals surface area contributed by atoms with Gasteiger partial charge in [0.2, 0.25) is 0 Å². The first-order chi connectivity index (χ1) is 21.6. The largest absolute Gasteiger partial charge is 0.508 e. The van der Waals surface area contributed by atoms with Crippen molar-refractivity contribution >= 4 is 29.1 Å². The second kappa shape index (κ2) is 10.2. The number of allylic oxidation sites excluding steroid dienone is 2. The second-order valence-corrected chi connectivity index (χ2v) is 11.8. The van der Waals surface area contributed by atoms with Crippen LogP contribution in [-0.2, 0) is 28.6 Å². The van der Waals surface area contributed by atoms with E-state index in [0.29, 0.717) is 33.2 Å². The van der Waals surface area contributed by atoms with Gasteiger partial charge in [0.1, 0.15) is 17.3 Å². The maximum atomic E-state index is 15.0. The highest BCUT2D eigenvalue weighted by atomic mass is 35.5. The second-order valence-electron chi connectivity index (χ2n) is 11.4. The third kappa shape index (κ3) is 4.01. The van der Waals surface area contributed by atoms with Crippen LogP contribution in [-0.4, -0.2) is 43.0 Å². The monoisotopic (exact) mass is 631 g/mol. The van der Waals surface area contributed by atoms with Crippen molar-refractivity contribution in [3.63, 3.8) is 0 Å². The number of benzene rings is 3.